The van der Waals surface area contributed by atoms with Gasteiger partial charge in [0.15, 0.2) is 0 Å². The first-order valence-corrected chi connectivity index (χ1v) is 8.24. The third-order valence-electron chi connectivity index (χ3n) is 5.19. The van der Waals surface area contributed by atoms with Crippen LogP contribution in [-0.4, -0.2) is 25.8 Å². The number of methoxy groups -OCH3 is 1. The van der Waals surface area contributed by atoms with E-state index in [0.717, 1.165) is 31.7 Å². The largest absolute Gasteiger partial charge is 0.481 e. The molecule has 0 atom stereocenters. The Morgan fingerprint density at radius 2 is 1.86 bits per heavy atom. The van der Waals surface area contributed by atoms with Crippen molar-refractivity contribution in [3.8, 4) is 0 Å². The van der Waals surface area contributed by atoms with Crippen molar-refractivity contribution in [3.05, 3.63) is 57.5 Å². The van der Waals surface area contributed by atoms with Gasteiger partial charge < -0.3 is 4.74 Å². The van der Waals surface area contributed by atoms with Crippen molar-refractivity contribution >= 4 is 0 Å². The monoisotopic (exact) mass is 297 g/mol. The molecule has 1 aliphatic heterocycles. The fourth-order valence-electron chi connectivity index (χ4n) is 4.19. The number of hydrogen-bond donors (Lipinski definition) is 0. The Hall–Kier alpha value is -1.74. The van der Waals surface area contributed by atoms with Crippen LogP contribution in [0.4, 0.5) is 0 Å². The lowest BCUT2D eigenvalue weighted by molar-refractivity contribution is -0.132. The normalized spacial score (nSPS) is 24.1. The van der Waals surface area contributed by atoms with Crippen molar-refractivity contribution < 1.29 is 9.57 Å². The van der Waals surface area contributed by atoms with Crippen molar-refractivity contribution in [3.63, 3.8) is 0 Å². The van der Waals surface area contributed by atoms with E-state index in [1.165, 1.54) is 47.1 Å². The molecule has 4 rings (SSSR count). The first kappa shape index (κ1) is 13.9. The number of fused-ring (bicyclic) bond motifs is 1. The maximum Gasteiger partial charge on any atom is 0.222 e. The van der Waals surface area contributed by atoms with E-state index in [1.54, 1.807) is 19.8 Å². The Morgan fingerprint density at radius 1 is 1.00 bits per heavy atom. The number of hydrogen-bond acceptors (Lipinski definition) is 3. The van der Waals surface area contributed by atoms with Crippen molar-refractivity contribution in [2.75, 3.05) is 20.8 Å². The molecule has 0 fully saturated rings. The van der Waals surface area contributed by atoms with Crippen LogP contribution in [0.5, 0.6) is 0 Å². The van der Waals surface area contributed by atoms with E-state index in [1.807, 2.05) is 5.06 Å². The minimum atomic E-state index is 0.794. The van der Waals surface area contributed by atoms with Crippen molar-refractivity contribution in [1.29, 1.82) is 0 Å². The van der Waals surface area contributed by atoms with Gasteiger partial charge in [0.2, 0.25) is 5.88 Å². The fourth-order valence-corrected chi connectivity index (χ4v) is 4.19. The molecule has 0 unspecified atom stereocenters. The Bertz CT molecular complexity index is 661. The van der Waals surface area contributed by atoms with Crippen molar-refractivity contribution in [2.45, 2.75) is 38.5 Å². The van der Waals surface area contributed by atoms with E-state index < -0.39 is 0 Å². The highest BCUT2D eigenvalue weighted by atomic mass is 16.7. The van der Waals surface area contributed by atoms with E-state index in [-0.39, 0.29) is 0 Å². The molecule has 0 aromatic rings. The van der Waals surface area contributed by atoms with E-state index in [0.29, 0.717) is 0 Å². The topological polar surface area (TPSA) is 21.7 Å². The zero-order valence-corrected chi connectivity index (χ0v) is 13.4. The first-order valence-electron chi connectivity index (χ1n) is 8.24. The summed E-state index contributed by atoms with van der Waals surface area (Å²) in [5.74, 6) is 0.888. The second-order valence-electron chi connectivity index (χ2n) is 6.34. The summed E-state index contributed by atoms with van der Waals surface area (Å²) < 4.78 is 5.79. The number of rotatable bonds is 2. The van der Waals surface area contributed by atoms with Crippen LogP contribution in [0.15, 0.2) is 57.5 Å². The molecule has 22 heavy (non-hydrogen) atoms. The molecule has 4 aliphatic rings. The molecular weight excluding hydrogens is 274 g/mol. The van der Waals surface area contributed by atoms with Crippen LogP contribution in [0.1, 0.15) is 38.5 Å². The highest BCUT2D eigenvalue weighted by molar-refractivity contribution is 5.67. The van der Waals surface area contributed by atoms with Gasteiger partial charge in [0, 0.05) is 5.57 Å². The Morgan fingerprint density at radius 3 is 2.68 bits per heavy atom. The average molecular weight is 297 g/mol. The maximum atomic E-state index is 5.79. The number of ether oxygens (including phenoxy) is 1. The van der Waals surface area contributed by atoms with Crippen LogP contribution >= 0.6 is 0 Å². The second kappa shape index (κ2) is 5.47. The quantitative estimate of drug-likeness (QED) is 0.763. The average Bonchev–Trinajstić information content (AvgIpc) is 2.74. The van der Waals surface area contributed by atoms with Crippen LogP contribution in [-0.2, 0) is 9.57 Å². The second-order valence-corrected chi connectivity index (χ2v) is 6.34. The summed E-state index contributed by atoms with van der Waals surface area (Å²) >= 11 is 0. The first-order chi connectivity index (χ1) is 10.8. The standard InChI is InChI=1S/C19H23NO2/c1-21-19-18-16-9-4-3-6-13(16)10-11-14-7-5-8-15(17(14)18)12-20(19)22-2/h5,7,11H,3-4,6,8-10,12H2,1-2H3. The molecule has 0 spiro atoms. The summed E-state index contributed by atoms with van der Waals surface area (Å²) in [6.07, 6.45) is 14.0. The lowest BCUT2D eigenvalue weighted by Gasteiger charge is -2.36. The molecule has 0 radical (unpaired) electrons. The van der Waals surface area contributed by atoms with Gasteiger partial charge in [0.1, 0.15) is 0 Å². The van der Waals surface area contributed by atoms with Gasteiger partial charge in [0.25, 0.3) is 0 Å². The molecule has 0 saturated carbocycles. The van der Waals surface area contributed by atoms with Crippen LogP contribution < -0.4 is 0 Å². The van der Waals surface area contributed by atoms with Gasteiger partial charge in [-0.1, -0.05) is 23.8 Å². The minimum Gasteiger partial charge on any atom is -0.481 e. The molecule has 0 N–H and O–H groups in total. The summed E-state index contributed by atoms with van der Waals surface area (Å²) in [6.45, 7) is 0.794. The van der Waals surface area contributed by atoms with Gasteiger partial charge in [-0.2, -0.15) is 0 Å². The Kier molecular flexibility index (Phi) is 3.45. The predicted molar refractivity (Wildman–Crippen MR) is 86.7 cm³/mol. The van der Waals surface area contributed by atoms with Gasteiger partial charge in [-0.3, -0.25) is 4.84 Å². The van der Waals surface area contributed by atoms with Gasteiger partial charge in [-0.05, 0) is 60.8 Å². The molecular formula is C19H23NO2. The maximum absolute atomic E-state index is 5.79. The van der Waals surface area contributed by atoms with E-state index in [9.17, 15) is 0 Å². The van der Waals surface area contributed by atoms with Crippen LogP contribution in [0.3, 0.4) is 0 Å². The van der Waals surface area contributed by atoms with E-state index >= 15 is 0 Å². The third kappa shape index (κ3) is 1.99. The molecule has 3 nitrogen and oxygen atoms in total. The minimum absolute atomic E-state index is 0.794. The smallest absolute Gasteiger partial charge is 0.222 e. The van der Waals surface area contributed by atoms with Crippen LogP contribution in [0.25, 0.3) is 0 Å². The summed E-state index contributed by atoms with van der Waals surface area (Å²) in [5, 5.41) is 1.91. The van der Waals surface area contributed by atoms with Crippen molar-refractivity contribution in [2.24, 2.45) is 0 Å². The fraction of sp³-hybridized carbons (Fsp3) is 0.474. The Labute approximate surface area is 132 Å². The molecule has 0 amide bonds. The number of nitrogens with zero attached hydrogens (tertiary/aromatic N) is 1. The molecule has 3 heteroatoms. The predicted octanol–water partition coefficient (Wildman–Crippen LogP) is 4.18. The summed E-state index contributed by atoms with van der Waals surface area (Å²) in [5.41, 5.74) is 8.64. The van der Waals surface area contributed by atoms with Crippen LogP contribution in [0, 0.1) is 0 Å². The molecule has 0 aromatic heterocycles. The zero-order valence-electron chi connectivity index (χ0n) is 13.4. The molecule has 0 bridgehead atoms. The van der Waals surface area contributed by atoms with E-state index in [4.69, 9.17) is 9.57 Å². The highest BCUT2D eigenvalue weighted by Gasteiger charge is 2.35. The Balaban J connectivity index is 1.97. The summed E-state index contributed by atoms with van der Waals surface area (Å²) in [6, 6.07) is 0. The molecule has 0 aromatic carbocycles. The van der Waals surface area contributed by atoms with Gasteiger partial charge >= 0.3 is 0 Å². The van der Waals surface area contributed by atoms with Crippen molar-refractivity contribution in [1.82, 2.24) is 5.06 Å². The SMILES string of the molecule is COC1=C2C3=C(CC=C4C=CCC(=C42)CN1OC)CCCC3. The van der Waals surface area contributed by atoms with Crippen LogP contribution in [0.2, 0.25) is 0 Å². The van der Waals surface area contributed by atoms with Gasteiger partial charge in [-0.25, -0.2) is 5.06 Å². The summed E-state index contributed by atoms with van der Waals surface area (Å²) in [4.78, 5) is 5.61. The lowest BCUT2D eigenvalue weighted by atomic mass is 9.79. The molecule has 0 saturated heterocycles. The summed E-state index contributed by atoms with van der Waals surface area (Å²) in [7, 11) is 3.49. The number of hydroxylamine groups is 2. The lowest BCUT2D eigenvalue weighted by Crippen LogP contribution is -2.32. The molecule has 116 valence electrons. The highest BCUT2D eigenvalue weighted by Crippen LogP contribution is 2.47. The van der Waals surface area contributed by atoms with Gasteiger partial charge in [-0.15, -0.1) is 0 Å². The third-order valence-corrected chi connectivity index (χ3v) is 5.19. The zero-order chi connectivity index (χ0) is 15.1. The van der Waals surface area contributed by atoms with Gasteiger partial charge in [0.05, 0.1) is 20.8 Å². The molecule has 1 heterocycles. The number of allylic oxidation sites excluding steroid dienone is 8. The molecule has 3 aliphatic carbocycles. The van der Waals surface area contributed by atoms with E-state index in [2.05, 4.69) is 18.2 Å².